The SMILES string of the molecule is O=[N+]([O-])c1cc(Cl)ccc1Oc1cccc(Cl)c1[N+](=O)[O-]. The lowest BCUT2D eigenvalue weighted by Crippen LogP contribution is -1.97. The van der Waals surface area contributed by atoms with Crippen LogP contribution >= 0.6 is 23.2 Å². The third-order valence-electron chi connectivity index (χ3n) is 2.47. The molecule has 0 bridgehead atoms. The zero-order valence-electron chi connectivity index (χ0n) is 10.2. The van der Waals surface area contributed by atoms with Crippen LogP contribution in [0.1, 0.15) is 0 Å². The lowest BCUT2D eigenvalue weighted by Gasteiger charge is -2.07. The number of rotatable bonds is 4. The van der Waals surface area contributed by atoms with Gasteiger partial charge in [-0.1, -0.05) is 29.3 Å². The van der Waals surface area contributed by atoms with Gasteiger partial charge in [-0.3, -0.25) is 20.2 Å². The predicted molar refractivity (Wildman–Crippen MR) is 76.3 cm³/mol. The summed E-state index contributed by atoms with van der Waals surface area (Å²) < 4.78 is 5.27. The molecule has 0 amide bonds. The van der Waals surface area contributed by atoms with Crippen molar-refractivity contribution < 1.29 is 14.6 Å². The molecular formula is C12H6Cl2N2O5. The number of nitro benzene ring substituents is 2. The van der Waals surface area contributed by atoms with Gasteiger partial charge >= 0.3 is 11.4 Å². The zero-order chi connectivity index (χ0) is 15.6. The van der Waals surface area contributed by atoms with Crippen LogP contribution in [-0.4, -0.2) is 9.85 Å². The van der Waals surface area contributed by atoms with Crippen molar-refractivity contribution in [3.8, 4) is 11.5 Å². The normalized spacial score (nSPS) is 10.2. The maximum Gasteiger partial charge on any atom is 0.329 e. The molecule has 0 aliphatic heterocycles. The maximum absolute atomic E-state index is 11.0. The molecule has 0 unspecified atom stereocenters. The van der Waals surface area contributed by atoms with Crippen LogP contribution in [0.25, 0.3) is 0 Å². The molecule has 7 nitrogen and oxygen atoms in total. The molecule has 0 heterocycles. The summed E-state index contributed by atoms with van der Waals surface area (Å²) in [5, 5.41) is 22.0. The lowest BCUT2D eigenvalue weighted by molar-refractivity contribution is -0.387. The van der Waals surface area contributed by atoms with E-state index in [9.17, 15) is 20.2 Å². The third-order valence-corrected chi connectivity index (χ3v) is 3.01. The van der Waals surface area contributed by atoms with Crippen molar-refractivity contribution >= 4 is 34.6 Å². The van der Waals surface area contributed by atoms with Crippen molar-refractivity contribution in [2.75, 3.05) is 0 Å². The first-order chi connectivity index (χ1) is 9.90. The Balaban J connectivity index is 2.51. The fourth-order valence-corrected chi connectivity index (χ4v) is 1.99. The zero-order valence-corrected chi connectivity index (χ0v) is 11.7. The van der Waals surface area contributed by atoms with E-state index < -0.39 is 21.2 Å². The third kappa shape index (κ3) is 3.21. The van der Waals surface area contributed by atoms with Crippen molar-refractivity contribution in [3.63, 3.8) is 0 Å². The molecule has 0 N–H and O–H groups in total. The number of ether oxygens (including phenoxy) is 1. The Bertz CT molecular complexity index is 736. The van der Waals surface area contributed by atoms with Gasteiger partial charge < -0.3 is 4.74 Å². The summed E-state index contributed by atoms with van der Waals surface area (Å²) >= 11 is 11.4. The van der Waals surface area contributed by atoms with Gasteiger partial charge in [-0.05, 0) is 24.3 Å². The molecule has 2 aromatic rings. The van der Waals surface area contributed by atoms with Crippen LogP contribution in [0.3, 0.4) is 0 Å². The fourth-order valence-electron chi connectivity index (χ4n) is 1.59. The number of para-hydroxylation sites is 1. The lowest BCUT2D eigenvalue weighted by atomic mass is 10.2. The number of nitrogens with zero attached hydrogens (tertiary/aromatic N) is 2. The minimum Gasteiger partial charge on any atom is -0.443 e. The summed E-state index contributed by atoms with van der Waals surface area (Å²) in [6.45, 7) is 0. The first-order valence-corrected chi connectivity index (χ1v) is 6.20. The average molecular weight is 329 g/mol. The minimum atomic E-state index is -0.723. The molecule has 0 aliphatic carbocycles. The molecule has 0 aliphatic rings. The topological polar surface area (TPSA) is 95.5 Å². The first-order valence-electron chi connectivity index (χ1n) is 5.45. The monoisotopic (exact) mass is 328 g/mol. The Morgan fingerprint density at radius 1 is 0.952 bits per heavy atom. The highest BCUT2D eigenvalue weighted by atomic mass is 35.5. The molecule has 0 fully saturated rings. The Morgan fingerprint density at radius 2 is 1.67 bits per heavy atom. The minimum absolute atomic E-state index is 0.130. The van der Waals surface area contributed by atoms with Crippen LogP contribution in [0.4, 0.5) is 11.4 Å². The number of hydrogen-bond donors (Lipinski definition) is 0. The van der Waals surface area contributed by atoms with Crippen LogP contribution in [0.15, 0.2) is 36.4 Å². The molecule has 0 saturated heterocycles. The van der Waals surface area contributed by atoms with Crippen molar-refractivity contribution in [2.24, 2.45) is 0 Å². The van der Waals surface area contributed by atoms with Crippen LogP contribution in [0.2, 0.25) is 10.0 Å². The van der Waals surface area contributed by atoms with Crippen LogP contribution in [0, 0.1) is 20.2 Å². The Morgan fingerprint density at radius 3 is 2.29 bits per heavy atom. The number of halogens is 2. The summed E-state index contributed by atoms with van der Waals surface area (Å²) in [7, 11) is 0. The van der Waals surface area contributed by atoms with Crippen molar-refractivity contribution in [1.29, 1.82) is 0 Å². The molecule has 21 heavy (non-hydrogen) atoms. The van der Waals surface area contributed by atoms with E-state index >= 15 is 0 Å². The average Bonchev–Trinajstić information content (AvgIpc) is 2.40. The molecule has 0 radical (unpaired) electrons. The van der Waals surface area contributed by atoms with E-state index in [0.717, 1.165) is 6.07 Å². The van der Waals surface area contributed by atoms with Crippen LogP contribution in [0.5, 0.6) is 11.5 Å². The van der Waals surface area contributed by atoms with Gasteiger partial charge in [0, 0.05) is 11.1 Å². The highest BCUT2D eigenvalue weighted by Gasteiger charge is 2.23. The second-order valence-electron chi connectivity index (χ2n) is 3.81. The van der Waals surface area contributed by atoms with Crippen molar-refractivity contribution in [2.45, 2.75) is 0 Å². The molecule has 2 rings (SSSR count). The van der Waals surface area contributed by atoms with E-state index in [0.29, 0.717) is 0 Å². The van der Waals surface area contributed by atoms with Gasteiger partial charge in [-0.25, -0.2) is 0 Å². The summed E-state index contributed by atoms with van der Waals surface area (Å²) in [5.41, 5.74) is -0.875. The van der Waals surface area contributed by atoms with Crippen molar-refractivity contribution in [3.05, 3.63) is 66.7 Å². The molecule has 0 spiro atoms. The number of benzene rings is 2. The Kier molecular flexibility index (Phi) is 4.25. The van der Waals surface area contributed by atoms with E-state index in [4.69, 9.17) is 27.9 Å². The predicted octanol–water partition coefficient (Wildman–Crippen LogP) is 4.60. The maximum atomic E-state index is 11.0. The molecular weight excluding hydrogens is 323 g/mol. The molecule has 2 aromatic carbocycles. The summed E-state index contributed by atoms with van der Waals surface area (Å²) in [6, 6.07) is 7.77. The second kappa shape index (κ2) is 5.94. The van der Waals surface area contributed by atoms with Gasteiger partial charge in [-0.15, -0.1) is 0 Å². The Hall–Kier alpha value is -2.38. The largest absolute Gasteiger partial charge is 0.443 e. The number of hydrogen-bond acceptors (Lipinski definition) is 5. The molecule has 0 saturated carbocycles. The smallest absolute Gasteiger partial charge is 0.329 e. The van der Waals surface area contributed by atoms with Gasteiger partial charge in [0.05, 0.1) is 9.85 Å². The summed E-state index contributed by atoms with van der Waals surface area (Å²) in [6.07, 6.45) is 0. The summed E-state index contributed by atoms with van der Waals surface area (Å²) in [4.78, 5) is 20.5. The van der Waals surface area contributed by atoms with E-state index in [1.165, 1.54) is 30.3 Å². The summed E-state index contributed by atoms with van der Waals surface area (Å²) in [5.74, 6) is -0.368. The van der Waals surface area contributed by atoms with Gasteiger partial charge in [0.1, 0.15) is 5.02 Å². The van der Waals surface area contributed by atoms with Gasteiger partial charge in [0.2, 0.25) is 11.5 Å². The molecule has 9 heteroatoms. The molecule has 108 valence electrons. The van der Waals surface area contributed by atoms with E-state index in [1.54, 1.807) is 0 Å². The highest BCUT2D eigenvalue weighted by Crippen LogP contribution is 2.40. The first kappa shape index (κ1) is 15.0. The van der Waals surface area contributed by atoms with Crippen LogP contribution in [-0.2, 0) is 0 Å². The van der Waals surface area contributed by atoms with E-state index in [2.05, 4.69) is 0 Å². The fraction of sp³-hybridized carbons (Fsp3) is 0. The van der Waals surface area contributed by atoms with E-state index in [1.807, 2.05) is 0 Å². The standard InChI is InChI=1S/C12H6Cl2N2O5/c13-7-4-5-10(9(6-7)15(17)18)21-11-3-1-2-8(14)12(11)16(19)20/h1-6H. The van der Waals surface area contributed by atoms with Gasteiger partial charge in [0.15, 0.2) is 0 Å². The molecule has 0 aromatic heterocycles. The number of nitro groups is 2. The second-order valence-corrected chi connectivity index (χ2v) is 4.66. The molecule has 0 atom stereocenters. The van der Waals surface area contributed by atoms with E-state index in [-0.39, 0.29) is 21.5 Å². The van der Waals surface area contributed by atoms with Gasteiger partial charge in [0.25, 0.3) is 0 Å². The highest BCUT2D eigenvalue weighted by molar-refractivity contribution is 6.33. The quantitative estimate of drug-likeness (QED) is 0.603. The van der Waals surface area contributed by atoms with Crippen molar-refractivity contribution in [1.82, 2.24) is 0 Å². The van der Waals surface area contributed by atoms with Crippen LogP contribution < -0.4 is 4.74 Å². The van der Waals surface area contributed by atoms with Gasteiger partial charge in [-0.2, -0.15) is 0 Å². The Labute approximate surface area is 128 Å².